The van der Waals surface area contributed by atoms with Crippen LogP contribution in [0.4, 0.5) is 5.69 Å². The maximum atomic E-state index is 12.4. The van der Waals surface area contributed by atoms with Crippen molar-refractivity contribution < 1.29 is 8.42 Å². The lowest BCUT2D eigenvalue weighted by Crippen LogP contribution is -2.44. The third-order valence-electron chi connectivity index (χ3n) is 3.60. The van der Waals surface area contributed by atoms with Crippen LogP contribution in [0.15, 0.2) is 23.1 Å². The number of hydrogen-bond acceptors (Lipinski definition) is 4. The first kappa shape index (κ1) is 15.6. The molecule has 1 aromatic rings. The zero-order valence-electron chi connectivity index (χ0n) is 11.5. The van der Waals surface area contributed by atoms with Crippen LogP contribution in [0.25, 0.3) is 0 Å². The molecule has 7 heteroatoms. The van der Waals surface area contributed by atoms with Crippen LogP contribution < -0.4 is 10.5 Å². The first-order valence-corrected chi connectivity index (χ1v) is 8.58. The number of halogens is 1. The molecule has 0 atom stereocenters. The Hall–Kier alpha value is -0.820. The van der Waals surface area contributed by atoms with E-state index in [0.29, 0.717) is 5.69 Å². The molecule has 20 heavy (non-hydrogen) atoms. The molecule has 5 nitrogen and oxygen atoms in total. The quantitative estimate of drug-likeness (QED) is 0.829. The lowest BCUT2D eigenvalue weighted by molar-refractivity contribution is 0.217. The third-order valence-corrected chi connectivity index (χ3v) is 5.60. The van der Waals surface area contributed by atoms with E-state index in [1.807, 2.05) is 0 Å². The zero-order valence-corrected chi connectivity index (χ0v) is 13.0. The second-order valence-corrected chi connectivity index (χ2v) is 7.11. The Morgan fingerprint density at radius 3 is 2.65 bits per heavy atom. The number of rotatable bonds is 4. The summed E-state index contributed by atoms with van der Waals surface area (Å²) in [7, 11) is -3.62. The second-order valence-electron chi connectivity index (χ2n) is 5.02. The van der Waals surface area contributed by atoms with E-state index in [4.69, 9.17) is 17.3 Å². The van der Waals surface area contributed by atoms with E-state index >= 15 is 0 Å². The van der Waals surface area contributed by atoms with Gasteiger partial charge in [0.15, 0.2) is 0 Å². The molecule has 0 amide bonds. The van der Waals surface area contributed by atoms with Crippen LogP contribution in [0.5, 0.6) is 0 Å². The Bertz CT molecular complexity index is 569. The van der Waals surface area contributed by atoms with Crippen LogP contribution in [0.1, 0.15) is 19.8 Å². The normalized spacial score (nSPS) is 18.3. The highest BCUT2D eigenvalue weighted by Crippen LogP contribution is 2.24. The van der Waals surface area contributed by atoms with Gasteiger partial charge in [0, 0.05) is 11.7 Å². The van der Waals surface area contributed by atoms with E-state index in [2.05, 4.69) is 16.5 Å². The van der Waals surface area contributed by atoms with Gasteiger partial charge in [-0.3, -0.25) is 0 Å². The number of likely N-dealkylation sites (tertiary alicyclic amines) is 1. The van der Waals surface area contributed by atoms with Gasteiger partial charge in [-0.1, -0.05) is 18.5 Å². The molecule has 112 valence electrons. The number of anilines is 1. The molecule has 1 heterocycles. The summed E-state index contributed by atoms with van der Waals surface area (Å²) in [5.41, 5.74) is 6.02. The van der Waals surface area contributed by atoms with Gasteiger partial charge in [-0.05, 0) is 50.7 Å². The average Bonchev–Trinajstić information content (AvgIpc) is 2.42. The van der Waals surface area contributed by atoms with E-state index < -0.39 is 10.0 Å². The Labute approximate surface area is 125 Å². The highest BCUT2D eigenvalue weighted by atomic mass is 35.5. The molecule has 0 saturated carbocycles. The summed E-state index contributed by atoms with van der Waals surface area (Å²) in [6.07, 6.45) is 1.63. The van der Waals surface area contributed by atoms with Gasteiger partial charge in [0.25, 0.3) is 0 Å². The summed E-state index contributed by atoms with van der Waals surface area (Å²) in [5.74, 6) is 0. The van der Waals surface area contributed by atoms with Gasteiger partial charge < -0.3 is 10.6 Å². The maximum Gasteiger partial charge on any atom is 0.242 e. The minimum absolute atomic E-state index is 0.0414. The van der Waals surface area contributed by atoms with Gasteiger partial charge in [0.2, 0.25) is 10.0 Å². The molecule has 0 spiro atoms. The fourth-order valence-electron chi connectivity index (χ4n) is 2.38. The summed E-state index contributed by atoms with van der Waals surface area (Å²) in [6.45, 7) is 4.93. The molecule has 1 aliphatic heterocycles. The molecule has 0 bridgehead atoms. The summed E-state index contributed by atoms with van der Waals surface area (Å²) >= 11 is 5.96. The molecule has 0 aromatic heterocycles. The molecule has 2 rings (SSSR count). The van der Waals surface area contributed by atoms with Crippen LogP contribution in [0.3, 0.4) is 0 Å². The Kier molecular flexibility index (Phi) is 4.90. The fraction of sp³-hybridized carbons (Fsp3) is 0.538. The monoisotopic (exact) mass is 317 g/mol. The number of piperidine rings is 1. The van der Waals surface area contributed by atoms with E-state index in [1.54, 1.807) is 6.07 Å². The molecule has 0 aliphatic carbocycles. The third kappa shape index (κ3) is 3.63. The molecular formula is C13H20ClN3O2S. The number of nitrogens with zero attached hydrogens (tertiary/aromatic N) is 1. The van der Waals surface area contributed by atoms with Crippen molar-refractivity contribution in [2.24, 2.45) is 0 Å². The molecule has 0 radical (unpaired) electrons. The van der Waals surface area contributed by atoms with Gasteiger partial charge in [0.05, 0.1) is 5.02 Å². The van der Waals surface area contributed by atoms with Gasteiger partial charge in [-0.15, -0.1) is 0 Å². The summed E-state index contributed by atoms with van der Waals surface area (Å²) in [5, 5.41) is 0.192. The van der Waals surface area contributed by atoms with Gasteiger partial charge in [-0.2, -0.15) is 0 Å². The molecule has 1 aliphatic rings. The Morgan fingerprint density at radius 2 is 2.05 bits per heavy atom. The van der Waals surface area contributed by atoms with E-state index in [0.717, 1.165) is 32.5 Å². The highest BCUT2D eigenvalue weighted by molar-refractivity contribution is 7.89. The summed E-state index contributed by atoms with van der Waals surface area (Å²) in [6, 6.07) is 4.44. The van der Waals surface area contributed by atoms with Crippen molar-refractivity contribution in [1.29, 1.82) is 0 Å². The minimum Gasteiger partial charge on any atom is -0.399 e. The molecule has 1 aromatic carbocycles. The molecule has 3 N–H and O–H groups in total. The van der Waals surface area contributed by atoms with Crippen molar-refractivity contribution in [3.63, 3.8) is 0 Å². The smallest absolute Gasteiger partial charge is 0.242 e. The average molecular weight is 318 g/mol. The molecular weight excluding hydrogens is 298 g/mol. The number of nitrogen functional groups attached to an aromatic ring is 1. The second kappa shape index (κ2) is 6.30. The minimum atomic E-state index is -3.62. The first-order chi connectivity index (χ1) is 9.42. The van der Waals surface area contributed by atoms with Crippen LogP contribution in [0.2, 0.25) is 5.02 Å². The van der Waals surface area contributed by atoms with Crippen molar-refractivity contribution in [1.82, 2.24) is 9.62 Å². The predicted octanol–water partition coefficient (Wildman–Crippen LogP) is 1.68. The van der Waals surface area contributed by atoms with Crippen molar-refractivity contribution in [2.75, 3.05) is 25.4 Å². The molecule has 1 fully saturated rings. The van der Waals surface area contributed by atoms with Gasteiger partial charge >= 0.3 is 0 Å². The number of sulfonamides is 1. The predicted molar refractivity (Wildman–Crippen MR) is 81.3 cm³/mol. The maximum absolute atomic E-state index is 12.4. The molecule has 0 unspecified atom stereocenters. The summed E-state index contributed by atoms with van der Waals surface area (Å²) in [4.78, 5) is 2.36. The topological polar surface area (TPSA) is 75.4 Å². The van der Waals surface area contributed by atoms with E-state index in [9.17, 15) is 8.42 Å². The van der Waals surface area contributed by atoms with Crippen molar-refractivity contribution in [3.8, 4) is 0 Å². The van der Waals surface area contributed by atoms with Crippen LogP contribution in [0, 0.1) is 0 Å². The zero-order chi connectivity index (χ0) is 14.8. The van der Waals surface area contributed by atoms with Crippen LogP contribution >= 0.6 is 11.6 Å². The largest absolute Gasteiger partial charge is 0.399 e. The summed E-state index contributed by atoms with van der Waals surface area (Å²) < 4.78 is 27.4. The molecule has 1 saturated heterocycles. The van der Waals surface area contributed by atoms with Crippen molar-refractivity contribution >= 4 is 27.3 Å². The lowest BCUT2D eigenvalue weighted by Gasteiger charge is -2.31. The standard InChI is InChI=1S/C13H20ClN3O2S/c1-2-17-7-5-11(6-8-17)16-20(18,19)13-9-10(15)3-4-12(13)14/h3-4,9,11,16H,2,5-8,15H2,1H3. The highest BCUT2D eigenvalue weighted by Gasteiger charge is 2.25. The number of nitrogens with one attached hydrogen (secondary N) is 1. The van der Waals surface area contributed by atoms with Crippen molar-refractivity contribution in [3.05, 3.63) is 23.2 Å². The van der Waals surface area contributed by atoms with E-state index in [1.165, 1.54) is 12.1 Å². The SMILES string of the molecule is CCN1CCC(NS(=O)(=O)c2cc(N)ccc2Cl)CC1. The van der Waals surface area contributed by atoms with Crippen molar-refractivity contribution in [2.45, 2.75) is 30.7 Å². The number of benzene rings is 1. The Morgan fingerprint density at radius 1 is 1.40 bits per heavy atom. The number of nitrogens with two attached hydrogens (primary N) is 1. The van der Waals surface area contributed by atoms with E-state index in [-0.39, 0.29) is 16.0 Å². The van der Waals surface area contributed by atoms with Crippen LogP contribution in [-0.2, 0) is 10.0 Å². The fourth-order valence-corrected chi connectivity index (χ4v) is 4.22. The Balaban J connectivity index is 2.10. The number of hydrogen-bond donors (Lipinski definition) is 2. The van der Waals surface area contributed by atoms with Gasteiger partial charge in [0.1, 0.15) is 4.90 Å². The first-order valence-electron chi connectivity index (χ1n) is 6.72. The van der Waals surface area contributed by atoms with Gasteiger partial charge in [-0.25, -0.2) is 13.1 Å². The lowest BCUT2D eigenvalue weighted by atomic mass is 10.1. The van der Waals surface area contributed by atoms with Crippen LogP contribution in [-0.4, -0.2) is 39.0 Å².